The van der Waals surface area contributed by atoms with Crippen LogP contribution in [0.15, 0.2) is 4.99 Å². The molecule has 106 valence electrons. The third kappa shape index (κ3) is 3.27. The highest BCUT2D eigenvalue weighted by Crippen LogP contribution is 2.28. The number of hydrogen-bond donors (Lipinski definition) is 1. The fourth-order valence-electron chi connectivity index (χ4n) is 2.17. The van der Waals surface area contributed by atoms with Crippen LogP contribution < -0.4 is 5.32 Å². The van der Waals surface area contributed by atoms with Crippen LogP contribution in [0.5, 0.6) is 0 Å². The Labute approximate surface area is 117 Å². The summed E-state index contributed by atoms with van der Waals surface area (Å²) in [6, 6.07) is -0.627. The summed E-state index contributed by atoms with van der Waals surface area (Å²) in [5.41, 5.74) is 1.72. The summed E-state index contributed by atoms with van der Waals surface area (Å²) in [5.74, 6) is -0.329. The number of aliphatic imine (C=N–C) groups is 1. The zero-order valence-electron chi connectivity index (χ0n) is 11.1. The predicted molar refractivity (Wildman–Crippen MR) is 73.5 cm³/mol. The lowest BCUT2D eigenvalue weighted by Gasteiger charge is -2.27. The number of hydrogen-bond acceptors (Lipinski definition) is 5. The van der Waals surface area contributed by atoms with Crippen LogP contribution in [-0.2, 0) is 9.53 Å². The van der Waals surface area contributed by atoms with Crippen LogP contribution in [0.1, 0.15) is 32.6 Å². The molecule has 1 N–H and O–H groups in total. The number of carbonyl (C=O) groups is 2. The minimum Gasteiger partial charge on any atom is -0.464 e. The molecule has 19 heavy (non-hydrogen) atoms. The third-order valence-electron chi connectivity index (χ3n) is 3.36. The van der Waals surface area contributed by atoms with Gasteiger partial charge in [0.25, 0.3) is 0 Å². The van der Waals surface area contributed by atoms with Crippen LogP contribution in [0, 0.1) is 0 Å². The highest BCUT2D eigenvalue weighted by atomic mass is 32.2. The number of esters is 1. The van der Waals surface area contributed by atoms with Crippen molar-refractivity contribution in [3.8, 4) is 0 Å². The van der Waals surface area contributed by atoms with Crippen LogP contribution in [0.3, 0.4) is 0 Å². The van der Waals surface area contributed by atoms with Crippen LogP contribution in [-0.4, -0.2) is 47.3 Å². The number of ether oxygens (including phenoxy) is 1. The van der Waals surface area contributed by atoms with Gasteiger partial charge in [-0.15, -0.1) is 0 Å². The molecular weight excluding hydrogens is 266 g/mol. The van der Waals surface area contributed by atoms with Crippen molar-refractivity contribution >= 4 is 29.5 Å². The van der Waals surface area contributed by atoms with Crippen LogP contribution in [0.4, 0.5) is 4.79 Å². The van der Waals surface area contributed by atoms with Gasteiger partial charge >= 0.3 is 12.0 Å². The van der Waals surface area contributed by atoms with Crippen molar-refractivity contribution in [2.45, 2.75) is 38.6 Å². The second-order valence-electron chi connectivity index (χ2n) is 4.81. The number of unbranched alkanes of at least 4 members (excludes halogenated alkanes) is 2. The highest BCUT2D eigenvalue weighted by molar-refractivity contribution is 8.07. The minimum absolute atomic E-state index is 0.137. The van der Waals surface area contributed by atoms with Gasteiger partial charge in [-0.1, -0.05) is 13.3 Å². The first-order valence-corrected chi connectivity index (χ1v) is 7.53. The molecule has 0 aromatic carbocycles. The number of quaternary nitrogens is 1. The molecule has 0 spiro atoms. The van der Waals surface area contributed by atoms with E-state index >= 15 is 0 Å². The Hall–Kier alpha value is -1.08. The summed E-state index contributed by atoms with van der Waals surface area (Å²) >= 11 is 1.41. The maximum absolute atomic E-state index is 12.4. The summed E-state index contributed by atoms with van der Waals surface area (Å²) in [6.45, 7) is 3.71. The SMILES string of the molecule is CCCCC[N+]1(C(=O)NC2CCOC2=O)CN=CS1. The van der Waals surface area contributed by atoms with Crippen molar-refractivity contribution in [2.75, 3.05) is 19.8 Å². The molecule has 2 aliphatic rings. The second-order valence-corrected chi connectivity index (χ2v) is 5.93. The number of nitrogens with zero attached hydrogens (tertiary/aromatic N) is 2. The minimum atomic E-state index is -0.491. The first-order chi connectivity index (χ1) is 9.18. The van der Waals surface area contributed by atoms with Crippen molar-refractivity contribution in [3.05, 3.63) is 0 Å². The standard InChI is InChI=1S/C12H19N3O3S/c1-2-3-4-6-15(8-13-9-19-15)12(17)14-10-5-7-18-11(10)16/h9-10H,2-8H2,1H3/p+1. The zero-order valence-corrected chi connectivity index (χ0v) is 11.9. The fourth-order valence-corrected chi connectivity index (χ4v) is 3.00. The first-order valence-electron chi connectivity index (χ1n) is 6.69. The van der Waals surface area contributed by atoms with Gasteiger partial charge in [-0.05, 0) is 12.8 Å². The van der Waals surface area contributed by atoms with E-state index in [0.717, 1.165) is 25.8 Å². The molecule has 2 atom stereocenters. The summed E-state index contributed by atoms with van der Waals surface area (Å²) in [7, 11) is 0. The normalized spacial score (nSPS) is 29.5. The Morgan fingerprint density at radius 2 is 2.47 bits per heavy atom. The lowest BCUT2D eigenvalue weighted by molar-refractivity contribution is -0.705. The molecule has 0 saturated carbocycles. The van der Waals surface area contributed by atoms with E-state index in [4.69, 9.17) is 4.74 Å². The maximum atomic E-state index is 12.4. The van der Waals surface area contributed by atoms with E-state index in [2.05, 4.69) is 17.2 Å². The van der Waals surface area contributed by atoms with E-state index in [0.29, 0.717) is 19.7 Å². The molecule has 0 bridgehead atoms. The molecule has 2 amide bonds. The smallest absolute Gasteiger partial charge is 0.430 e. The lowest BCUT2D eigenvalue weighted by atomic mass is 10.2. The quantitative estimate of drug-likeness (QED) is 0.361. The first kappa shape index (κ1) is 14.3. The zero-order chi connectivity index (χ0) is 13.7. The Kier molecular flexibility index (Phi) is 4.81. The van der Waals surface area contributed by atoms with E-state index in [1.807, 2.05) is 0 Å². The van der Waals surface area contributed by atoms with E-state index in [1.54, 1.807) is 5.55 Å². The van der Waals surface area contributed by atoms with E-state index < -0.39 is 6.04 Å². The molecule has 0 radical (unpaired) electrons. The topological polar surface area (TPSA) is 67.8 Å². The average Bonchev–Trinajstić information content (AvgIpc) is 3.01. The van der Waals surface area contributed by atoms with E-state index in [9.17, 15) is 9.59 Å². The van der Waals surface area contributed by atoms with Crippen molar-refractivity contribution < 1.29 is 18.2 Å². The third-order valence-corrected chi connectivity index (χ3v) is 4.47. The number of urea groups is 1. The lowest BCUT2D eigenvalue weighted by Crippen LogP contribution is -2.54. The fraction of sp³-hybridized carbons (Fsp3) is 0.750. The number of amides is 2. The van der Waals surface area contributed by atoms with Gasteiger partial charge in [-0.2, -0.15) is 3.89 Å². The van der Waals surface area contributed by atoms with Gasteiger partial charge in [-0.25, -0.2) is 14.6 Å². The highest BCUT2D eigenvalue weighted by Gasteiger charge is 2.43. The van der Waals surface area contributed by atoms with Gasteiger partial charge in [0, 0.05) is 6.42 Å². The van der Waals surface area contributed by atoms with Crippen molar-refractivity contribution in [3.63, 3.8) is 0 Å². The van der Waals surface area contributed by atoms with E-state index in [-0.39, 0.29) is 15.9 Å². The Morgan fingerprint density at radius 3 is 3.05 bits per heavy atom. The average molecular weight is 286 g/mol. The van der Waals surface area contributed by atoms with Crippen LogP contribution in [0.2, 0.25) is 0 Å². The summed E-state index contributed by atoms with van der Waals surface area (Å²) in [4.78, 5) is 28.0. The van der Waals surface area contributed by atoms with Crippen molar-refractivity contribution in [2.24, 2.45) is 4.99 Å². The van der Waals surface area contributed by atoms with Gasteiger partial charge in [0.15, 0.2) is 6.67 Å². The van der Waals surface area contributed by atoms with Gasteiger partial charge in [-0.3, -0.25) is 5.32 Å². The van der Waals surface area contributed by atoms with Gasteiger partial charge in [0.05, 0.1) is 6.61 Å². The number of nitrogens with one attached hydrogen (secondary N) is 1. The molecule has 2 rings (SSSR count). The maximum Gasteiger partial charge on any atom is 0.430 e. The molecule has 0 aliphatic carbocycles. The number of cyclic esters (lactones) is 1. The molecular formula is C12H20N3O3S+. The largest absolute Gasteiger partial charge is 0.464 e. The van der Waals surface area contributed by atoms with Crippen LogP contribution >= 0.6 is 11.9 Å². The molecule has 2 heterocycles. The second kappa shape index (κ2) is 6.38. The molecule has 1 fully saturated rings. The van der Waals surface area contributed by atoms with Gasteiger partial charge in [0.1, 0.15) is 30.1 Å². The summed E-state index contributed by atoms with van der Waals surface area (Å²) in [6.07, 6.45) is 3.75. The number of carbonyl (C=O) groups excluding carboxylic acids is 2. The Bertz CT molecular complexity index is 378. The van der Waals surface area contributed by atoms with Crippen molar-refractivity contribution in [1.82, 2.24) is 5.32 Å². The molecule has 0 aromatic rings. The van der Waals surface area contributed by atoms with Crippen LogP contribution in [0.25, 0.3) is 0 Å². The Morgan fingerprint density at radius 1 is 1.63 bits per heavy atom. The van der Waals surface area contributed by atoms with E-state index in [1.165, 1.54) is 11.9 Å². The predicted octanol–water partition coefficient (Wildman–Crippen LogP) is 1.67. The Balaban J connectivity index is 1.94. The monoisotopic (exact) mass is 286 g/mol. The molecule has 1 saturated heterocycles. The summed E-state index contributed by atoms with van der Waals surface area (Å²) < 4.78 is 5.07. The molecule has 6 nitrogen and oxygen atoms in total. The number of rotatable bonds is 5. The van der Waals surface area contributed by atoms with Gasteiger partial charge in [0.2, 0.25) is 0 Å². The summed E-state index contributed by atoms with van der Waals surface area (Å²) in [5, 5.41) is 2.80. The molecule has 2 unspecified atom stereocenters. The molecule has 7 heteroatoms. The van der Waals surface area contributed by atoms with Gasteiger partial charge < -0.3 is 4.74 Å². The van der Waals surface area contributed by atoms with Crippen molar-refractivity contribution in [1.29, 1.82) is 0 Å². The molecule has 0 aromatic heterocycles. The molecule has 2 aliphatic heterocycles.